The Morgan fingerprint density at radius 1 is 1.43 bits per heavy atom. The second-order valence-corrected chi connectivity index (χ2v) is 5.76. The summed E-state index contributed by atoms with van der Waals surface area (Å²) in [5.41, 5.74) is 0. The molecule has 0 radical (unpaired) electrons. The van der Waals surface area contributed by atoms with Gasteiger partial charge in [0, 0.05) is 11.8 Å². The average Bonchev–Trinajstić information content (AvgIpc) is 2.77. The summed E-state index contributed by atoms with van der Waals surface area (Å²) in [7, 11) is 0. The van der Waals surface area contributed by atoms with E-state index in [4.69, 9.17) is 0 Å². The summed E-state index contributed by atoms with van der Waals surface area (Å²) in [6, 6.07) is 0.581. The van der Waals surface area contributed by atoms with Crippen molar-refractivity contribution < 1.29 is 0 Å². The normalized spacial score (nSPS) is 26.7. The number of nitrogens with zero attached hydrogens (tertiary/aromatic N) is 2. The van der Waals surface area contributed by atoms with Crippen molar-refractivity contribution in [3.63, 3.8) is 0 Å². The summed E-state index contributed by atoms with van der Waals surface area (Å²) in [5, 5.41) is 13.8. The van der Waals surface area contributed by atoms with Gasteiger partial charge in [-0.15, -0.1) is 10.2 Å². The summed E-state index contributed by atoms with van der Waals surface area (Å²) in [6.45, 7) is 4.40. The van der Waals surface area contributed by atoms with Crippen molar-refractivity contribution in [2.45, 2.75) is 26.3 Å². The summed E-state index contributed by atoms with van der Waals surface area (Å²) in [5.74, 6) is 3.20. The summed E-state index contributed by atoms with van der Waals surface area (Å²) in [6.07, 6.45) is 0.980. The van der Waals surface area contributed by atoms with Crippen molar-refractivity contribution in [2.75, 3.05) is 16.8 Å². The monoisotopic (exact) mass is 229 g/mol. The number of aromatic nitrogens is 2. The Bertz CT molecular complexity index is 300. The van der Waals surface area contributed by atoms with Crippen LogP contribution in [0, 0.1) is 5.92 Å². The third-order valence-corrected chi connectivity index (χ3v) is 4.80. The third kappa shape index (κ3) is 2.20. The van der Waals surface area contributed by atoms with Crippen LogP contribution in [0.2, 0.25) is 0 Å². The predicted octanol–water partition coefficient (Wildman–Crippen LogP) is 2.26. The highest BCUT2D eigenvalue weighted by Gasteiger charge is 2.24. The van der Waals surface area contributed by atoms with Crippen LogP contribution in [0.25, 0.3) is 0 Å². The van der Waals surface area contributed by atoms with Crippen LogP contribution in [0.1, 0.15) is 18.9 Å². The van der Waals surface area contributed by atoms with Crippen LogP contribution in [0.4, 0.5) is 5.13 Å². The first-order valence-electron chi connectivity index (χ1n) is 4.96. The number of aryl methyl sites for hydroxylation is 1. The van der Waals surface area contributed by atoms with Crippen LogP contribution >= 0.6 is 23.1 Å². The zero-order valence-electron chi connectivity index (χ0n) is 8.49. The van der Waals surface area contributed by atoms with Gasteiger partial charge in [-0.25, -0.2) is 0 Å². The first kappa shape index (κ1) is 10.2. The molecule has 78 valence electrons. The Labute approximate surface area is 92.7 Å². The molecule has 0 spiro atoms. The quantitative estimate of drug-likeness (QED) is 0.863. The number of hydrogen-bond donors (Lipinski definition) is 1. The standard InChI is InChI=1S/C9H15N3S2/c1-3-8-11-12-9(14-8)10-7-5-13-4-6(7)2/h6-7H,3-5H2,1-2H3,(H,10,12). The van der Waals surface area contributed by atoms with E-state index >= 15 is 0 Å². The van der Waals surface area contributed by atoms with Gasteiger partial charge in [-0.1, -0.05) is 25.2 Å². The molecule has 3 nitrogen and oxygen atoms in total. The summed E-state index contributed by atoms with van der Waals surface area (Å²) < 4.78 is 0. The van der Waals surface area contributed by atoms with E-state index in [-0.39, 0.29) is 0 Å². The van der Waals surface area contributed by atoms with Crippen molar-refractivity contribution in [1.82, 2.24) is 10.2 Å². The third-order valence-electron chi connectivity index (χ3n) is 2.44. The zero-order chi connectivity index (χ0) is 9.97. The Kier molecular flexibility index (Phi) is 3.28. The minimum atomic E-state index is 0.581. The van der Waals surface area contributed by atoms with Crippen molar-refractivity contribution in [3.8, 4) is 0 Å². The van der Waals surface area contributed by atoms with Crippen LogP contribution < -0.4 is 5.32 Å². The number of anilines is 1. The molecular weight excluding hydrogens is 214 g/mol. The molecule has 2 rings (SSSR count). The molecule has 0 amide bonds. The number of hydrogen-bond acceptors (Lipinski definition) is 5. The van der Waals surface area contributed by atoms with Crippen molar-refractivity contribution >= 4 is 28.2 Å². The molecule has 1 aromatic rings. The lowest BCUT2D eigenvalue weighted by atomic mass is 10.1. The van der Waals surface area contributed by atoms with Crippen molar-refractivity contribution in [1.29, 1.82) is 0 Å². The minimum Gasteiger partial charge on any atom is -0.356 e. The van der Waals surface area contributed by atoms with Crippen LogP contribution in [-0.2, 0) is 6.42 Å². The highest BCUT2D eigenvalue weighted by atomic mass is 32.2. The molecule has 1 aromatic heterocycles. The molecule has 1 aliphatic heterocycles. The zero-order valence-corrected chi connectivity index (χ0v) is 10.1. The molecule has 0 aliphatic carbocycles. The maximum Gasteiger partial charge on any atom is 0.205 e. The van der Waals surface area contributed by atoms with E-state index in [1.807, 2.05) is 11.8 Å². The van der Waals surface area contributed by atoms with Gasteiger partial charge in [-0.3, -0.25) is 0 Å². The number of nitrogens with one attached hydrogen (secondary N) is 1. The molecule has 1 fully saturated rings. The SMILES string of the molecule is CCc1nnc(NC2CSCC2C)s1. The molecule has 1 N–H and O–H groups in total. The molecule has 0 aromatic carbocycles. The summed E-state index contributed by atoms with van der Waals surface area (Å²) in [4.78, 5) is 0. The van der Waals surface area contributed by atoms with Gasteiger partial charge in [0.25, 0.3) is 0 Å². The fraction of sp³-hybridized carbons (Fsp3) is 0.778. The second-order valence-electron chi connectivity index (χ2n) is 3.62. The molecule has 0 saturated carbocycles. The lowest BCUT2D eigenvalue weighted by Crippen LogP contribution is -2.25. The smallest absolute Gasteiger partial charge is 0.205 e. The van der Waals surface area contributed by atoms with E-state index in [1.54, 1.807) is 11.3 Å². The van der Waals surface area contributed by atoms with Crippen LogP contribution in [-0.4, -0.2) is 27.7 Å². The van der Waals surface area contributed by atoms with E-state index < -0.39 is 0 Å². The van der Waals surface area contributed by atoms with Gasteiger partial charge < -0.3 is 5.32 Å². The molecule has 2 unspecified atom stereocenters. The van der Waals surface area contributed by atoms with E-state index in [9.17, 15) is 0 Å². The maximum absolute atomic E-state index is 4.13. The Morgan fingerprint density at radius 3 is 2.86 bits per heavy atom. The van der Waals surface area contributed by atoms with E-state index in [0.29, 0.717) is 6.04 Å². The Hall–Kier alpha value is -0.290. The molecule has 5 heteroatoms. The average molecular weight is 229 g/mol. The van der Waals surface area contributed by atoms with Gasteiger partial charge in [0.1, 0.15) is 5.01 Å². The predicted molar refractivity (Wildman–Crippen MR) is 63.2 cm³/mol. The second kappa shape index (κ2) is 4.49. The molecule has 1 aliphatic rings. The van der Waals surface area contributed by atoms with Crippen molar-refractivity contribution in [2.24, 2.45) is 5.92 Å². The Balaban J connectivity index is 1.96. The highest BCUT2D eigenvalue weighted by molar-refractivity contribution is 7.99. The van der Waals surface area contributed by atoms with Crippen LogP contribution in [0.5, 0.6) is 0 Å². The number of thioether (sulfide) groups is 1. The van der Waals surface area contributed by atoms with Gasteiger partial charge in [0.05, 0.1) is 0 Å². The minimum absolute atomic E-state index is 0.581. The molecule has 2 atom stereocenters. The van der Waals surface area contributed by atoms with E-state index in [2.05, 4.69) is 29.4 Å². The largest absolute Gasteiger partial charge is 0.356 e. The molecule has 14 heavy (non-hydrogen) atoms. The molecule has 1 saturated heterocycles. The fourth-order valence-electron chi connectivity index (χ4n) is 1.46. The van der Waals surface area contributed by atoms with Gasteiger partial charge in [0.15, 0.2) is 0 Å². The van der Waals surface area contributed by atoms with Crippen LogP contribution in [0.3, 0.4) is 0 Å². The molecule has 2 heterocycles. The summed E-state index contributed by atoms with van der Waals surface area (Å²) >= 11 is 3.70. The lowest BCUT2D eigenvalue weighted by Gasteiger charge is -2.14. The fourth-order valence-corrected chi connectivity index (χ4v) is 3.61. The van der Waals surface area contributed by atoms with Gasteiger partial charge >= 0.3 is 0 Å². The van der Waals surface area contributed by atoms with E-state index in [1.165, 1.54) is 11.5 Å². The first-order valence-corrected chi connectivity index (χ1v) is 6.93. The first-order chi connectivity index (χ1) is 6.79. The Morgan fingerprint density at radius 2 is 2.29 bits per heavy atom. The molecular formula is C9H15N3S2. The maximum atomic E-state index is 4.13. The topological polar surface area (TPSA) is 37.8 Å². The van der Waals surface area contributed by atoms with Gasteiger partial charge in [-0.2, -0.15) is 11.8 Å². The van der Waals surface area contributed by atoms with Gasteiger partial charge in [0.2, 0.25) is 5.13 Å². The van der Waals surface area contributed by atoms with E-state index in [0.717, 1.165) is 22.5 Å². The highest BCUT2D eigenvalue weighted by Crippen LogP contribution is 2.27. The number of rotatable bonds is 3. The van der Waals surface area contributed by atoms with Crippen molar-refractivity contribution in [3.05, 3.63) is 5.01 Å². The van der Waals surface area contributed by atoms with Crippen LogP contribution in [0.15, 0.2) is 0 Å². The molecule has 0 bridgehead atoms. The lowest BCUT2D eigenvalue weighted by molar-refractivity contribution is 0.598. The van der Waals surface area contributed by atoms with Gasteiger partial charge in [-0.05, 0) is 18.1 Å².